The molecule has 1 aromatic rings. The summed E-state index contributed by atoms with van der Waals surface area (Å²) in [6, 6.07) is 0. The Labute approximate surface area is 108 Å². The van der Waals surface area contributed by atoms with E-state index in [-0.39, 0.29) is 28.6 Å². The number of ether oxygens (including phenoxy) is 2. The van der Waals surface area contributed by atoms with Crippen molar-refractivity contribution in [2.24, 2.45) is 0 Å². The van der Waals surface area contributed by atoms with Gasteiger partial charge >= 0.3 is 5.97 Å². The quantitative estimate of drug-likeness (QED) is 0.790. The first-order chi connectivity index (χ1) is 8.58. The summed E-state index contributed by atoms with van der Waals surface area (Å²) in [6.45, 7) is 1.18. The molecule has 0 aliphatic carbocycles. The van der Waals surface area contributed by atoms with Gasteiger partial charge in [-0.05, 0) is 11.6 Å². The van der Waals surface area contributed by atoms with Crippen LogP contribution in [0.15, 0.2) is 0 Å². The number of carboxylic acids is 1. The average molecular weight is 274 g/mol. The predicted molar refractivity (Wildman–Crippen MR) is 62.9 cm³/mol. The number of nitrogens with two attached hydrogens (primary N) is 1. The van der Waals surface area contributed by atoms with Crippen molar-refractivity contribution in [2.45, 2.75) is 18.9 Å². The molecule has 0 spiro atoms. The topological polar surface area (TPSA) is 108 Å². The molecule has 3 N–H and O–H groups in total. The van der Waals surface area contributed by atoms with Gasteiger partial charge in [-0.1, -0.05) is 0 Å². The van der Waals surface area contributed by atoms with E-state index in [1.807, 2.05) is 0 Å². The lowest BCUT2D eigenvalue weighted by atomic mass is 10.1. The van der Waals surface area contributed by atoms with Crippen LogP contribution in [0.5, 0.6) is 5.88 Å². The van der Waals surface area contributed by atoms with Crippen LogP contribution in [0.1, 0.15) is 23.3 Å². The number of rotatable bonds is 3. The van der Waals surface area contributed by atoms with Crippen molar-refractivity contribution in [1.29, 1.82) is 0 Å². The third-order valence-electron chi connectivity index (χ3n) is 2.53. The number of hydrogen-bond donors (Lipinski definition) is 2. The van der Waals surface area contributed by atoms with Gasteiger partial charge in [0.1, 0.15) is 11.8 Å². The number of aromatic carboxylic acids is 1. The largest absolute Gasteiger partial charge is 0.476 e. The third-order valence-corrected chi connectivity index (χ3v) is 2.70. The lowest BCUT2D eigenvalue weighted by Crippen LogP contribution is -2.27. The minimum atomic E-state index is -1.27. The van der Waals surface area contributed by atoms with Crippen LogP contribution in [-0.4, -0.2) is 40.4 Å². The van der Waals surface area contributed by atoms with E-state index in [9.17, 15) is 4.79 Å². The summed E-state index contributed by atoms with van der Waals surface area (Å²) < 4.78 is 10.7. The molecule has 1 aromatic heterocycles. The molecule has 98 valence electrons. The first-order valence-electron chi connectivity index (χ1n) is 5.38. The normalized spacial score (nSPS) is 16.5. The van der Waals surface area contributed by atoms with Gasteiger partial charge < -0.3 is 20.3 Å². The van der Waals surface area contributed by atoms with Gasteiger partial charge in [-0.15, -0.1) is 0 Å². The van der Waals surface area contributed by atoms with E-state index in [1.54, 1.807) is 0 Å². The van der Waals surface area contributed by atoms with E-state index in [0.29, 0.717) is 26.1 Å². The van der Waals surface area contributed by atoms with Crippen molar-refractivity contribution in [3.8, 4) is 5.88 Å². The monoisotopic (exact) mass is 273 g/mol. The Bertz CT molecular complexity index is 463. The molecule has 0 atom stereocenters. The van der Waals surface area contributed by atoms with Crippen molar-refractivity contribution in [3.05, 3.63) is 11.0 Å². The minimum absolute atomic E-state index is 0.0132. The summed E-state index contributed by atoms with van der Waals surface area (Å²) in [6.07, 6.45) is 1.29. The van der Waals surface area contributed by atoms with Crippen molar-refractivity contribution in [1.82, 2.24) is 9.97 Å². The van der Waals surface area contributed by atoms with Crippen molar-refractivity contribution in [3.63, 3.8) is 0 Å². The molecule has 1 fully saturated rings. The first-order valence-corrected chi connectivity index (χ1v) is 5.76. The van der Waals surface area contributed by atoms with E-state index in [2.05, 4.69) is 9.97 Å². The van der Waals surface area contributed by atoms with E-state index < -0.39 is 5.97 Å². The Morgan fingerprint density at radius 1 is 1.44 bits per heavy atom. The number of nitrogens with zero attached hydrogens (tertiary/aromatic N) is 2. The van der Waals surface area contributed by atoms with Crippen LogP contribution in [-0.2, 0) is 4.74 Å². The van der Waals surface area contributed by atoms with Crippen LogP contribution in [0.4, 0.5) is 5.69 Å². The summed E-state index contributed by atoms with van der Waals surface area (Å²) in [7, 11) is 0. The predicted octanol–water partition coefficient (Wildman–Crippen LogP) is 0.968. The number of carboxylic acid groups (broad SMARTS) is 1. The van der Waals surface area contributed by atoms with E-state index in [0.717, 1.165) is 0 Å². The van der Waals surface area contributed by atoms with Gasteiger partial charge in [-0.2, -0.15) is 4.98 Å². The zero-order chi connectivity index (χ0) is 13.1. The molecule has 8 heteroatoms. The number of hydrogen-bond acceptors (Lipinski definition) is 6. The molecule has 0 unspecified atom stereocenters. The molecule has 2 rings (SSSR count). The van der Waals surface area contributed by atoms with Crippen LogP contribution >= 0.6 is 11.6 Å². The zero-order valence-corrected chi connectivity index (χ0v) is 10.2. The van der Waals surface area contributed by atoms with Crippen LogP contribution in [0.2, 0.25) is 5.28 Å². The van der Waals surface area contributed by atoms with Crippen molar-refractivity contribution < 1.29 is 19.4 Å². The fraction of sp³-hybridized carbons (Fsp3) is 0.500. The van der Waals surface area contributed by atoms with Crippen LogP contribution in [0.25, 0.3) is 0 Å². The van der Waals surface area contributed by atoms with E-state index in [1.165, 1.54) is 0 Å². The lowest BCUT2D eigenvalue weighted by Gasteiger charge is -2.23. The molecule has 2 heterocycles. The molecule has 0 saturated carbocycles. The molecule has 1 aliphatic heterocycles. The van der Waals surface area contributed by atoms with Crippen molar-refractivity contribution >= 4 is 23.3 Å². The molecule has 0 amide bonds. The molecule has 1 saturated heterocycles. The van der Waals surface area contributed by atoms with Gasteiger partial charge in [0.2, 0.25) is 11.2 Å². The summed E-state index contributed by atoms with van der Waals surface area (Å²) in [5.41, 5.74) is 5.19. The summed E-state index contributed by atoms with van der Waals surface area (Å²) in [4.78, 5) is 18.3. The second kappa shape index (κ2) is 5.36. The number of anilines is 1. The highest BCUT2D eigenvalue weighted by molar-refractivity contribution is 6.28. The Hall–Kier alpha value is -1.60. The number of carbonyl (C=O) groups is 1. The van der Waals surface area contributed by atoms with E-state index >= 15 is 0 Å². The molecule has 0 aromatic carbocycles. The highest BCUT2D eigenvalue weighted by atomic mass is 35.5. The maximum Gasteiger partial charge on any atom is 0.356 e. The molecule has 7 nitrogen and oxygen atoms in total. The Morgan fingerprint density at radius 3 is 2.72 bits per heavy atom. The second-order valence-electron chi connectivity index (χ2n) is 3.79. The maximum absolute atomic E-state index is 10.9. The van der Waals surface area contributed by atoms with Gasteiger partial charge in [0.25, 0.3) is 0 Å². The van der Waals surface area contributed by atoms with E-state index in [4.69, 9.17) is 31.9 Å². The summed E-state index contributed by atoms with van der Waals surface area (Å²) >= 11 is 5.64. The number of nitrogen functional groups attached to an aromatic ring is 1. The molecule has 0 radical (unpaired) electrons. The summed E-state index contributed by atoms with van der Waals surface area (Å²) in [5, 5.41) is 8.71. The SMILES string of the molecule is Nc1c(OC2CCOCC2)nc(Cl)nc1C(=O)O. The fourth-order valence-corrected chi connectivity index (χ4v) is 1.79. The smallest absolute Gasteiger partial charge is 0.356 e. The highest BCUT2D eigenvalue weighted by Crippen LogP contribution is 2.26. The van der Waals surface area contributed by atoms with Gasteiger partial charge in [-0.25, -0.2) is 9.78 Å². The Balaban J connectivity index is 2.23. The van der Waals surface area contributed by atoms with Gasteiger partial charge in [0, 0.05) is 12.8 Å². The van der Waals surface area contributed by atoms with Crippen LogP contribution in [0, 0.1) is 0 Å². The highest BCUT2D eigenvalue weighted by Gasteiger charge is 2.22. The van der Waals surface area contributed by atoms with Crippen LogP contribution in [0.3, 0.4) is 0 Å². The van der Waals surface area contributed by atoms with Gasteiger partial charge in [0.15, 0.2) is 5.69 Å². The Kier molecular flexibility index (Phi) is 3.83. The standard InChI is InChI=1S/C10H12ClN3O4/c11-10-13-7(9(15)16)6(12)8(14-10)18-5-1-3-17-4-2-5/h5H,1-4,12H2,(H,15,16). The molecule has 18 heavy (non-hydrogen) atoms. The van der Waals surface area contributed by atoms with Gasteiger partial charge in [-0.3, -0.25) is 0 Å². The zero-order valence-electron chi connectivity index (χ0n) is 9.43. The average Bonchev–Trinajstić information content (AvgIpc) is 2.34. The molecular formula is C10H12ClN3O4. The Morgan fingerprint density at radius 2 is 2.11 bits per heavy atom. The van der Waals surface area contributed by atoms with Crippen LogP contribution < -0.4 is 10.5 Å². The molecule has 1 aliphatic rings. The molecule has 0 bridgehead atoms. The minimum Gasteiger partial charge on any atom is -0.476 e. The fourth-order valence-electron chi connectivity index (χ4n) is 1.63. The molecular weight excluding hydrogens is 262 g/mol. The third kappa shape index (κ3) is 2.80. The van der Waals surface area contributed by atoms with Crippen molar-refractivity contribution in [2.75, 3.05) is 18.9 Å². The van der Waals surface area contributed by atoms with Gasteiger partial charge in [0.05, 0.1) is 13.2 Å². The first kappa shape index (κ1) is 12.8. The maximum atomic E-state index is 10.9. The number of aromatic nitrogens is 2. The second-order valence-corrected chi connectivity index (χ2v) is 4.13. The summed E-state index contributed by atoms with van der Waals surface area (Å²) in [5.74, 6) is -1.26. The number of halogens is 1. The lowest BCUT2D eigenvalue weighted by molar-refractivity contribution is 0.0239.